The van der Waals surface area contributed by atoms with Crippen molar-refractivity contribution < 1.29 is 18.7 Å². The van der Waals surface area contributed by atoms with Crippen LogP contribution in [0.1, 0.15) is 15.9 Å². The highest BCUT2D eigenvalue weighted by Gasteiger charge is 2.11. The number of hydrogen-bond acceptors (Lipinski definition) is 3. The SMILES string of the molecule is CNC(=O)c1ccc(OCF)c(OCc2ccccc2)c1. The summed E-state index contributed by atoms with van der Waals surface area (Å²) < 4.78 is 22.9. The lowest BCUT2D eigenvalue weighted by Gasteiger charge is -2.12. The zero-order valence-corrected chi connectivity index (χ0v) is 11.6. The van der Waals surface area contributed by atoms with E-state index in [2.05, 4.69) is 5.32 Å². The minimum Gasteiger partial charge on any atom is -0.485 e. The second-order valence-electron chi connectivity index (χ2n) is 4.27. The van der Waals surface area contributed by atoms with E-state index in [0.29, 0.717) is 17.9 Å². The van der Waals surface area contributed by atoms with Gasteiger partial charge in [-0.1, -0.05) is 30.3 Å². The molecule has 0 bridgehead atoms. The first-order valence-electron chi connectivity index (χ1n) is 6.46. The fraction of sp³-hybridized carbons (Fsp3) is 0.188. The lowest BCUT2D eigenvalue weighted by Crippen LogP contribution is -2.17. The first-order valence-corrected chi connectivity index (χ1v) is 6.46. The highest BCUT2D eigenvalue weighted by molar-refractivity contribution is 5.94. The number of rotatable bonds is 6. The smallest absolute Gasteiger partial charge is 0.251 e. The molecule has 21 heavy (non-hydrogen) atoms. The fourth-order valence-electron chi connectivity index (χ4n) is 1.82. The molecule has 0 saturated carbocycles. The Morgan fingerprint density at radius 1 is 1.10 bits per heavy atom. The van der Waals surface area contributed by atoms with Gasteiger partial charge < -0.3 is 14.8 Å². The van der Waals surface area contributed by atoms with Gasteiger partial charge in [0.05, 0.1) is 0 Å². The number of nitrogens with one attached hydrogen (secondary N) is 1. The number of carbonyl (C=O) groups is 1. The molecule has 0 aliphatic carbocycles. The molecular weight excluding hydrogens is 273 g/mol. The second kappa shape index (κ2) is 7.28. The molecule has 0 aliphatic heterocycles. The summed E-state index contributed by atoms with van der Waals surface area (Å²) in [7, 11) is 1.54. The molecular formula is C16H16FNO3. The normalized spacial score (nSPS) is 10.0. The molecule has 0 saturated heterocycles. The van der Waals surface area contributed by atoms with Crippen LogP contribution < -0.4 is 14.8 Å². The molecule has 2 aromatic carbocycles. The van der Waals surface area contributed by atoms with Crippen LogP contribution in [0.5, 0.6) is 11.5 Å². The van der Waals surface area contributed by atoms with Crippen molar-refractivity contribution in [2.75, 3.05) is 13.9 Å². The molecule has 110 valence electrons. The van der Waals surface area contributed by atoms with Gasteiger partial charge in [-0.05, 0) is 23.8 Å². The van der Waals surface area contributed by atoms with Crippen molar-refractivity contribution in [3.8, 4) is 11.5 Å². The molecule has 1 N–H and O–H groups in total. The predicted octanol–water partition coefficient (Wildman–Crippen LogP) is 2.93. The third-order valence-corrected chi connectivity index (χ3v) is 2.88. The summed E-state index contributed by atoms with van der Waals surface area (Å²) in [5.74, 6) is 0.352. The molecule has 2 aromatic rings. The Bertz CT molecular complexity index is 602. The van der Waals surface area contributed by atoms with Crippen LogP contribution in [-0.4, -0.2) is 19.8 Å². The van der Waals surface area contributed by atoms with Crippen molar-refractivity contribution in [2.24, 2.45) is 0 Å². The number of ether oxygens (including phenoxy) is 2. The van der Waals surface area contributed by atoms with Gasteiger partial charge in [0.15, 0.2) is 11.5 Å². The third-order valence-electron chi connectivity index (χ3n) is 2.88. The van der Waals surface area contributed by atoms with E-state index in [-0.39, 0.29) is 11.7 Å². The number of hydrogen-bond donors (Lipinski definition) is 1. The van der Waals surface area contributed by atoms with E-state index in [1.165, 1.54) is 12.1 Å². The van der Waals surface area contributed by atoms with Crippen molar-refractivity contribution >= 4 is 5.91 Å². The van der Waals surface area contributed by atoms with E-state index < -0.39 is 6.86 Å². The lowest BCUT2D eigenvalue weighted by atomic mass is 10.2. The molecule has 0 spiro atoms. The summed E-state index contributed by atoms with van der Waals surface area (Å²) in [6.45, 7) is -0.651. The molecule has 5 heteroatoms. The predicted molar refractivity (Wildman–Crippen MR) is 77.2 cm³/mol. The Morgan fingerprint density at radius 2 is 1.86 bits per heavy atom. The molecule has 0 atom stereocenters. The Kier molecular flexibility index (Phi) is 5.15. The molecule has 0 unspecified atom stereocenters. The van der Waals surface area contributed by atoms with Crippen molar-refractivity contribution in [1.82, 2.24) is 5.32 Å². The minimum atomic E-state index is -0.957. The summed E-state index contributed by atoms with van der Waals surface area (Å²) in [6, 6.07) is 14.2. The Morgan fingerprint density at radius 3 is 2.52 bits per heavy atom. The molecule has 1 amide bonds. The highest BCUT2D eigenvalue weighted by atomic mass is 19.1. The number of alkyl halides is 1. The standard InChI is InChI=1S/C16H16FNO3/c1-18-16(19)13-7-8-14(21-11-17)15(9-13)20-10-12-5-3-2-4-6-12/h2-9H,10-11H2,1H3,(H,18,19). The van der Waals surface area contributed by atoms with Crippen molar-refractivity contribution in [3.63, 3.8) is 0 Å². The minimum absolute atomic E-state index is 0.244. The zero-order valence-electron chi connectivity index (χ0n) is 11.6. The summed E-state index contributed by atoms with van der Waals surface area (Å²) in [6.07, 6.45) is 0. The van der Waals surface area contributed by atoms with Gasteiger partial charge in [0.1, 0.15) is 6.61 Å². The van der Waals surface area contributed by atoms with Crippen LogP contribution in [0.15, 0.2) is 48.5 Å². The van der Waals surface area contributed by atoms with E-state index in [4.69, 9.17) is 9.47 Å². The van der Waals surface area contributed by atoms with Crippen LogP contribution in [0.4, 0.5) is 4.39 Å². The number of halogens is 1. The van der Waals surface area contributed by atoms with Gasteiger partial charge in [-0.15, -0.1) is 0 Å². The Hall–Kier alpha value is -2.56. The molecule has 0 aromatic heterocycles. The fourth-order valence-corrected chi connectivity index (χ4v) is 1.82. The maximum absolute atomic E-state index is 12.4. The summed E-state index contributed by atoms with van der Waals surface area (Å²) in [5, 5.41) is 2.52. The largest absolute Gasteiger partial charge is 0.485 e. The third kappa shape index (κ3) is 3.95. The Balaban J connectivity index is 2.19. The van der Waals surface area contributed by atoms with Gasteiger partial charge >= 0.3 is 0 Å². The summed E-state index contributed by atoms with van der Waals surface area (Å²) in [4.78, 5) is 11.6. The first kappa shape index (κ1) is 14.8. The molecule has 0 fully saturated rings. The van der Waals surface area contributed by atoms with Crippen LogP contribution in [0.3, 0.4) is 0 Å². The number of benzene rings is 2. The van der Waals surface area contributed by atoms with Crippen molar-refractivity contribution in [1.29, 1.82) is 0 Å². The van der Waals surface area contributed by atoms with Crippen LogP contribution in [0.2, 0.25) is 0 Å². The van der Waals surface area contributed by atoms with Gasteiger partial charge in [-0.2, -0.15) is 0 Å². The Labute approximate surface area is 122 Å². The van der Waals surface area contributed by atoms with Gasteiger partial charge in [-0.3, -0.25) is 4.79 Å². The van der Waals surface area contributed by atoms with Crippen LogP contribution in [0.25, 0.3) is 0 Å². The zero-order chi connectivity index (χ0) is 15.1. The number of carbonyl (C=O) groups excluding carboxylic acids is 1. The summed E-state index contributed by atoms with van der Waals surface area (Å²) in [5.41, 5.74) is 1.39. The van der Waals surface area contributed by atoms with E-state index in [1.54, 1.807) is 13.1 Å². The molecule has 2 rings (SSSR count). The quantitative estimate of drug-likeness (QED) is 0.889. The van der Waals surface area contributed by atoms with Gasteiger partial charge in [0, 0.05) is 12.6 Å². The molecule has 4 nitrogen and oxygen atoms in total. The maximum Gasteiger partial charge on any atom is 0.251 e. The van der Waals surface area contributed by atoms with Gasteiger partial charge in [-0.25, -0.2) is 4.39 Å². The van der Waals surface area contributed by atoms with E-state index in [1.807, 2.05) is 30.3 Å². The van der Waals surface area contributed by atoms with Crippen molar-refractivity contribution in [3.05, 3.63) is 59.7 Å². The summed E-state index contributed by atoms with van der Waals surface area (Å²) >= 11 is 0. The van der Waals surface area contributed by atoms with E-state index in [9.17, 15) is 9.18 Å². The topological polar surface area (TPSA) is 47.6 Å². The first-order chi connectivity index (χ1) is 10.2. The van der Waals surface area contributed by atoms with Crippen LogP contribution in [-0.2, 0) is 6.61 Å². The highest BCUT2D eigenvalue weighted by Crippen LogP contribution is 2.29. The molecule has 0 aliphatic rings. The second-order valence-corrected chi connectivity index (χ2v) is 4.27. The van der Waals surface area contributed by atoms with Crippen LogP contribution >= 0.6 is 0 Å². The van der Waals surface area contributed by atoms with Gasteiger partial charge in [0.2, 0.25) is 6.86 Å². The van der Waals surface area contributed by atoms with E-state index >= 15 is 0 Å². The van der Waals surface area contributed by atoms with Gasteiger partial charge in [0.25, 0.3) is 5.91 Å². The average Bonchev–Trinajstić information content (AvgIpc) is 2.54. The number of amides is 1. The van der Waals surface area contributed by atoms with E-state index in [0.717, 1.165) is 5.56 Å². The van der Waals surface area contributed by atoms with Crippen LogP contribution in [0, 0.1) is 0 Å². The van der Waals surface area contributed by atoms with Crippen molar-refractivity contribution in [2.45, 2.75) is 6.61 Å². The monoisotopic (exact) mass is 289 g/mol. The maximum atomic E-state index is 12.4. The lowest BCUT2D eigenvalue weighted by molar-refractivity contribution is 0.0962. The molecule has 0 heterocycles. The molecule has 0 radical (unpaired) electrons. The average molecular weight is 289 g/mol.